The molecule has 2 heterocycles. The molecule has 0 bridgehead atoms. The minimum Gasteiger partial charge on any atom is -0.348 e. The van der Waals surface area contributed by atoms with E-state index in [0.29, 0.717) is 6.54 Å². The van der Waals surface area contributed by atoms with Gasteiger partial charge in [0, 0.05) is 24.0 Å². The minimum absolute atomic E-state index is 0.0452. The van der Waals surface area contributed by atoms with E-state index in [1.54, 1.807) is 17.4 Å². The Bertz CT molecular complexity index is 673. The number of thiophene rings is 1. The number of nitrogens with zero attached hydrogens (tertiary/aromatic N) is 1. The van der Waals surface area contributed by atoms with Gasteiger partial charge in [0.25, 0.3) is 0 Å². The molecule has 1 aromatic heterocycles. The van der Waals surface area contributed by atoms with Crippen molar-refractivity contribution < 1.29 is 4.79 Å². The van der Waals surface area contributed by atoms with Crippen LogP contribution in [0.3, 0.4) is 0 Å². The number of benzene rings is 1. The topological polar surface area (TPSA) is 32.3 Å². The molecule has 1 amide bonds. The summed E-state index contributed by atoms with van der Waals surface area (Å²) < 4.78 is 0. The molecule has 0 saturated carbocycles. The van der Waals surface area contributed by atoms with Crippen molar-refractivity contribution in [3.05, 3.63) is 63.9 Å². The number of carbonyl (C=O) groups excluding carboxylic acids is 1. The molecule has 1 aliphatic heterocycles. The lowest BCUT2D eigenvalue weighted by Crippen LogP contribution is -2.30. The quantitative estimate of drug-likeness (QED) is 0.804. The van der Waals surface area contributed by atoms with Crippen LogP contribution in [-0.2, 0) is 17.9 Å². The Morgan fingerprint density at radius 1 is 1.08 bits per heavy atom. The Morgan fingerprint density at radius 3 is 2.62 bits per heavy atom. The molecule has 1 aromatic carbocycles. The van der Waals surface area contributed by atoms with Gasteiger partial charge in [-0.2, -0.15) is 0 Å². The molecule has 1 saturated heterocycles. The van der Waals surface area contributed by atoms with Crippen molar-refractivity contribution in [1.29, 1.82) is 0 Å². The maximum atomic E-state index is 12.0. The van der Waals surface area contributed by atoms with Gasteiger partial charge in [0.2, 0.25) is 5.91 Å². The maximum Gasteiger partial charge on any atom is 0.244 e. The van der Waals surface area contributed by atoms with Gasteiger partial charge < -0.3 is 5.32 Å². The Balaban J connectivity index is 1.55. The van der Waals surface area contributed by atoms with Crippen LogP contribution in [0.1, 0.15) is 35.3 Å². The number of hydrogen-bond donors (Lipinski definition) is 1. The van der Waals surface area contributed by atoms with Gasteiger partial charge in [0.1, 0.15) is 0 Å². The van der Waals surface area contributed by atoms with E-state index in [0.717, 1.165) is 11.4 Å². The predicted octanol–water partition coefficient (Wildman–Crippen LogP) is 4.06. The molecule has 2 aromatic rings. The fourth-order valence-electron chi connectivity index (χ4n) is 3.03. The van der Waals surface area contributed by atoms with Crippen molar-refractivity contribution in [2.75, 3.05) is 13.1 Å². The summed E-state index contributed by atoms with van der Waals surface area (Å²) in [7, 11) is 0. The summed E-state index contributed by atoms with van der Waals surface area (Å²) in [6, 6.07) is 12.4. The molecular formula is C20H24N2OS. The molecule has 3 rings (SSSR count). The fourth-order valence-corrected chi connectivity index (χ4v) is 3.65. The highest BCUT2D eigenvalue weighted by atomic mass is 32.1. The third kappa shape index (κ3) is 5.05. The number of amides is 1. The molecule has 3 nitrogen and oxygen atoms in total. The van der Waals surface area contributed by atoms with E-state index in [1.165, 1.54) is 43.5 Å². The highest BCUT2D eigenvalue weighted by Gasteiger charge is 2.12. The van der Waals surface area contributed by atoms with Gasteiger partial charge in [-0.05, 0) is 54.6 Å². The maximum absolute atomic E-state index is 12.0. The van der Waals surface area contributed by atoms with Crippen molar-refractivity contribution in [1.82, 2.24) is 10.2 Å². The number of piperidine rings is 1. The number of hydrogen-bond acceptors (Lipinski definition) is 3. The first-order chi connectivity index (χ1) is 11.8. The Labute approximate surface area is 148 Å². The normalized spacial score (nSPS) is 15.7. The van der Waals surface area contributed by atoms with Crippen molar-refractivity contribution in [2.24, 2.45) is 0 Å². The number of carbonyl (C=O) groups is 1. The lowest BCUT2D eigenvalue weighted by molar-refractivity contribution is -0.116. The molecule has 1 N–H and O–H groups in total. The lowest BCUT2D eigenvalue weighted by Gasteiger charge is -2.27. The SMILES string of the molecule is O=C(/C=C/c1cccs1)NCc1ccccc1CN1CCCCC1. The summed E-state index contributed by atoms with van der Waals surface area (Å²) in [6.07, 6.45) is 7.42. The summed E-state index contributed by atoms with van der Waals surface area (Å²) in [6.45, 7) is 3.93. The van der Waals surface area contributed by atoms with E-state index in [9.17, 15) is 4.79 Å². The summed E-state index contributed by atoms with van der Waals surface area (Å²) in [4.78, 5) is 15.6. The van der Waals surface area contributed by atoms with Gasteiger partial charge in [0.15, 0.2) is 0 Å². The van der Waals surface area contributed by atoms with Gasteiger partial charge in [-0.1, -0.05) is 36.8 Å². The van der Waals surface area contributed by atoms with Crippen molar-refractivity contribution in [3.8, 4) is 0 Å². The molecule has 0 atom stereocenters. The van der Waals surface area contributed by atoms with Crippen LogP contribution in [0.25, 0.3) is 6.08 Å². The molecule has 0 aliphatic carbocycles. The van der Waals surface area contributed by atoms with Crippen LogP contribution in [0.15, 0.2) is 47.9 Å². The summed E-state index contributed by atoms with van der Waals surface area (Å²) in [5.74, 6) is -0.0452. The number of likely N-dealkylation sites (tertiary alicyclic amines) is 1. The van der Waals surface area contributed by atoms with E-state index < -0.39 is 0 Å². The first-order valence-electron chi connectivity index (χ1n) is 8.60. The molecule has 0 radical (unpaired) electrons. The molecule has 1 aliphatic rings. The predicted molar refractivity (Wildman–Crippen MR) is 101 cm³/mol. The van der Waals surface area contributed by atoms with Gasteiger partial charge in [0.05, 0.1) is 0 Å². The van der Waals surface area contributed by atoms with E-state index in [2.05, 4.69) is 28.4 Å². The molecule has 0 unspecified atom stereocenters. The zero-order valence-electron chi connectivity index (χ0n) is 13.9. The average Bonchev–Trinajstić information content (AvgIpc) is 3.14. The monoisotopic (exact) mass is 340 g/mol. The molecule has 1 fully saturated rings. The number of rotatable bonds is 6. The van der Waals surface area contributed by atoms with Gasteiger partial charge in [-0.25, -0.2) is 0 Å². The van der Waals surface area contributed by atoms with Crippen LogP contribution < -0.4 is 5.32 Å². The highest BCUT2D eigenvalue weighted by Crippen LogP contribution is 2.16. The van der Waals surface area contributed by atoms with Crippen molar-refractivity contribution in [2.45, 2.75) is 32.4 Å². The van der Waals surface area contributed by atoms with Crippen LogP contribution in [0, 0.1) is 0 Å². The largest absolute Gasteiger partial charge is 0.348 e. The van der Waals surface area contributed by atoms with E-state index in [1.807, 2.05) is 29.7 Å². The summed E-state index contributed by atoms with van der Waals surface area (Å²) in [5.41, 5.74) is 2.53. The van der Waals surface area contributed by atoms with Gasteiger partial charge in [-0.3, -0.25) is 9.69 Å². The second-order valence-corrected chi connectivity index (χ2v) is 7.15. The van der Waals surface area contributed by atoms with Gasteiger partial charge >= 0.3 is 0 Å². The molecule has 4 heteroatoms. The highest BCUT2D eigenvalue weighted by molar-refractivity contribution is 7.10. The third-order valence-corrected chi connectivity index (χ3v) is 5.19. The second-order valence-electron chi connectivity index (χ2n) is 6.17. The van der Waals surface area contributed by atoms with Gasteiger partial charge in [-0.15, -0.1) is 11.3 Å². The van der Waals surface area contributed by atoms with Crippen LogP contribution in [0.2, 0.25) is 0 Å². The number of nitrogens with one attached hydrogen (secondary N) is 1. The zero-order valence-corrected chi connectivity index (χ0v) is 14.7. The molecule has 24 heavy (non-hydrogen) atoms. The minimum atomic E-state index is -0.0452. The first-order valence-corrected chi connectivity index (χ1v) is 9.48. The Kier molecular flexibility index (Phi) is 6.21. The van der Waals surface area contributed by atoms with Crippen LogP contribution in [0.5, 0.6) is 0 Å². The van der Waals surface area contributed by atoms with Crippen molar-refractivity contribution >= 4 is 23.3 Å². The third-order valence-electron chi connectivity index (χ3n) is 4.36. The second kappa shape index (κ2) is 8.81. The standard InChI is InChI=1S/C20H24N2OS/c23-20(11-10-19-9-6-14-24-19)21-15-17-7-2-3-8-18(17)16-22-12-4-1-5-13-22/h2-3,6-11,14H,1,4-5,12-13,15-16H2,(H,21,23)/b11-10+. The van der Waals surface area contributed by atoms with Crippen LogP contribution in [-0.4, -0.2) is 23.9 Å². The Morgan fingerprint density at radius 2 is 1.88 bits per heavy atom. The molecular weight excluding hydrogens is 316 g/mol. The van der Waals surface area contributed by atoms with E-state index >= 15 is 0 Å². The smallest absolute Gasteiger partial charge is 0.244 e. The van der Waals surface area contributed by atoms with E-state index in [-0.39, 0.29) is 5.91 Å². The van der Waals surface area contributed by atoms with E-state index in [4.69, 9.17) is 0 Å². The first kappa shape index (κ1) is 16.9. The average molecular weight is 340 g/mol. The molecule has 126 valence electrons. The summed E-state index contributed by atoms with van der Waals surface area (Å²) in [5, 5.41) is 5.01. The van der Waals surface area contributed by atoms with Crippen LogP contribution >= 0.6 is 11.3 Å². The molecule has 0 spiro atoms. The lowest BCUT2D eigenvalue weighted by atomic mass is 10.0. The fraction of sp³-hybridized carbons (Fsp3) is 0.350. The summed E-state index contributed by atoms with van der Waals surface area (Å²) >= 11 is 1.63. The zero-order chi connectivity index (χ0) is 16.6. The Hall–Kier alpha value is -1.91. The van der Waals surface area contributed by atoms with Crippen LogP contribution in [0.4, 0.5) is 0 Å². The van der Waals surface area contributed by atoms with Crippen molar-refractivity contribution in [3.63, 3.8) is 0 Å².